The van der Waals surface area contributed by atoms with Crippen molar-refractivity contribution in [2.24, 2.45) is 0 Å². The first-order chi connectivity index (χ1) is 58.5. The Kier molecular flexibility index (Phi) is 12.9. The molecular formula is C110H62N4O4. The van der Waals surface area contributed by atoms with Crippen molar-refractivity contribution < 1.29 is 17.7 Å². The maximum Gasteiger partial charge on any atom is 0.137 e. The Balaban J connectivity index is 0.000000126. The monoisotopic (exact) mass is 1500 g/mol. The van der Waals surface area contributed by atoms with E-state index in [0.29, 0.717) is 0 Å². The Labute approximate surface area is 671 Å². The molecule has 0 saturated heterocycles. The van der Waals surface area contributed by atoms with Crippen LogP contribution < -0.4 is 0 Å². The van der Waals surface area contributed by atoms with Gasteiger partial charge in [-0.2, -0.15) is 0 Å². The Morgan fingerprint density at radius 3 is 0.898 bits per heavy atom. The van der Waals surface area contributed by atoms with E-state index in [2.05, 4.69) is 370 Å². The summed E-state index contributed by atoms with van der Waals surface area (Å²) < 4.78 is 35.4. The Bertz CT molecular complexity index is 9060. The Morgan fingerprint density at radius 1 is 0.153 bits per heavy atom. The number of hydrogen-bond donors (Lipinski definition) is 0. The summed E-state index contributed by atoms with van der Waals surface area (Å²) in [6.07, 6.45) is 0. The van der Waals surface area contributed by atoms with Crippen molar-refractivity contribution in [2.45, 2.75) is 0 Å². The number of fused-ring (bicyclic) bond motifs is 28. The van der Waals surface area contributed by atoms with Crippen molar-refractivity contribution in [3.8, 4) is 67.3 Å². The minimum atomic E-state index is 0.890. The summed E-state index contributed by atoms with van der Waals surface area (Å²) in [4.78, 5) is 0. The van der Waals surface area contributed by atoms with Gasteiger partial charge < -0.3 is 35.9 Å². The fraction of sp³-hybridized carbons (Fsp3) is 0. The molecule has 8 heteroatoms. The zero-order valence-electron chi connectivity index (χ0n) is 63.2. The first-order valence-corrected chi connectivity index (χ1v) is 40.3. The van der Waals surface area contributed by atoms with Crippen LogP contribution >= 0.6 is 0 Å². The van der Waals surface area contributed by atoms with Crippen LogP contribution in [0.2, 0.25) is 0 Å². The highest BCUT2D eigenvalue weighted by Gasteiger charge is 2.28. The largest absolute Gasteiger partial charge is 0.456 e. The predicted octanol–water partition coefficient (Wildman–Crippen LogP) is 30.6. The lowest BCUT2D eigenvalue weighted by molar-refractivity contribution is 0.669. The van der Waals surface area contributed by atoms with E-state index in [1.165, 1.54) is 109 Å². The second-order valence-corrected chi connectivity index (χ2v) is 31.7. The number of rotatable bonds is 6. The van der Waals surface area contributed by atoms with Gasteiger partial charge in [0, 0.05) is 133 Å². The van der Waals surface area contributed by atoms with Gasteiger partial charge in [-0.1, -0.05) is 212 Å². The average molecular weight is 1500 g/mol. The molecule has 0 saturated carbocycles. The minimum absolute atomic E-state index is 0.890. The lowest BCUT2D eigenvalue weighted by Crippen LogP contribution is -1.96. The average Bonchev–Trinajstić information content (AvgIpc) is 1.56. The molecule has 0 spiro atoms. The van der Waals surface area contributed by atoms with Gasteiger partial charge in [0.15, 0.2) is 0 Å². The lowest BCUT2D eigenvalue weighted by atomic mass is 9.99. The Hall–Kier alpha value is -15.9. The minimum Gasteiger partial charge on any atom is -0.456 e. The van der Waals surface area contributed by atoms with E-state index in [1.807, 2.05) is 24.3 Å². The van der Waals surface area contributed by atoms with Crippen molar-refractivity contribution in [3.63, 3.8) is 0 Å². The van der Waals surface area contributed by atoms with Crippen LogP contribution in [0.15, 0.2) is 394 Å². The van der Waals surface area contributed by atoms with E-state index in [1.54, 1.807) is 0 Å². The molecule has 546 valence electrons. The van der Waals surface area contributed by atoms with Gasteiger partial charge in [0.2, 0.25) is 0 Å². The topological polar surface area (TPSA) is 72.3 Å². The molecule has 118 heavy (non-hydrogen) atoms. The van der Waals surface area contributed by atoms with Crippen molar-refractivity contribution in [1.29, 1.82) is 0 Å². The van der Waals surface area contributed by atoms with Gasteiger partial charge in [0.25, 0.3) is 0 Å². The summed E-state index contributed by atoms with van der Waals surface area (Å²) in [5, 5.41) is 23.7. The van der Waals surface area contributed by atoms with E-state index < -0.39 is 0 Å². The number of aromatic nitrogens is 4. The van der Waals surface area contributed by atoms with E-state index in [9.17, 15) is 0 Å². The molecule has 0 unspecified atom stereocenters. The standard InChI is InChI=1S/C58H32N2O2.C52H30N2O2/c1-2-11-35(12-3-1)59-50-24-21-33(27-43(50)45-29-47-38-15-6-8-19-54(38)61-56(47)31-52(45)59)34-22-25-51-44(28-34)46-30-48-39-16-7-9-20-55(39)62-57(48)32-53(46)60(51)49-26-23-41-37-14-5-4-13-36(37)40-17-10-18-42(49)58(40)41;1-2-12-35(13-3-1)53-45-22-19-33(25-39(45)41-27-43-37-14-6-8-16-49(37)55-51(43)29-47(41)53)34-20-23-46-40(26-34)42-28-44-38-15-7-9-17-50(38)56-52(44)30-48(42)54(46)36-21-18-31-10-4-5-11-32(31)24-36/h1-32H;1-30H. The summed E-state index contributed by atoms with van der Waals surface area (Å²) in [7, 11) is 0. The first-order valence-electron chi connectivity index (χ1n) is 40.3. The van der Waals surface area contributed by atoms with Crippen LogP contribution in [0, 0.1) is 0 Å². The van der Waals surface area contributed by atoms with Crippen molar-refractivity contribution in [1.82, 2.24) is 18.3 Å². The van der Waals surface area contributed by atoms with Gasteiger partial charge in [-0.15, -0.1) is 0 Å². The Morgan fingerprint density at radius 2 is 0.475 bits per heavy atom. The molecule has 27 aromatic rings. The zero-order valence-corrected chi connectivity index (χ0v) is 63.2. The molecule has 0 bridgehead atoms. The summed E-state index contributed by atoms with van der Waals surface area (Å²) in [6.45, 7) is 0. The summed E-state index contributed by atoms with van der Waals surface area (Å²) in [5.74, 6) is 0. The van der Waals surface area contributed by atoms with Crippen molar-refractivity contribution in [3.05, 3.63) is 376 Å². The highest BCUT2D eigenvalue weighted by atomic mass is 16.3. The highest BCUT2D eigenvalue weighted by Crippen LogP contribution is 2.52. The molecule has 8 heterocycles. The fourth-order valence-electron chi connectivity index (χ4n) is 20.2. The second kappa shape index (κ2) is 23.8. The van der Waals surface area contributed by atoms with Gasteiger partial charge in [0.1, 0.15) is 44.7 Å². The lowest BCUT2D eigenvalue weighted by Gasteiger charge is -2.13. The molecule has 0 aliphatic heterocycles. The third kappa shape index (κ3) is 9.02. The van der Waals surface area contributed by atoms with Gasteiger partial charge in [-0.25, -0.2) is 0 Å². The van der Waals surface area contributed by atoms with Gasteiger partial charge in [0.05, 0.1) is 49.8 Å². The smallest absolute Gasteiger partial charge is 0.137 e. The number of para-hydroxylation sites is 6. The van der Waals surface area contributed by atoms with Crippen LogP contribution in [0.5, 0.6) is 0 Å². The van der Waals surface area contributed by atoms with Crippen LogP contribution in [0.25, 0.3) is 264 Å². The normalized spacial score (nSPS) is 12.4. The van der Waals surface area contributed by atoms with E-state index in [0.717, 1.165) is 155 Å². The molecule has 8 aromatic heterocycles. The predicted molar refractivity (Wildman–Crippen MR) is 490 cm³/mol. The highest BCUT2D eigenvalue weighted by molar-refractivity contribution is 6.25. The third-order valence-corrected chi connectivity index (χ3v) is 25.5. The number of hydrogen-bond acceptors (Lipinski definition) is 4. The summed E-state index contributed by atoms with van der Waals surface area (Å²) >= 11 is 0. The van der Waals surface area contributed by atoms with Crippen molar-refractivity contribution >= 4 is 197 Å². The van der Waals surface area contributed by atoms with Crippen LogP contribution in [-0.4, -0.2) is 18.3 Å². The maximum atomic E-state index is 6.55. The van der Waals surface area contributed by atoms with Gasteiger partial charge in [-0.3, -0.25) is 0 Å². The molecule has 8 nitrogen and oxygen atoms in total. The molecule has 1 aliphatic carbocycles. The van der Waals surface area contributed by atoms with Crippen LogP contribution in [0.3, 0.4) is 0 Å². The SMILES string of the molecule is c1ccc(-n2c3ccc(-c4ccc5c(c4)c4cc6c(cc4n5-c4ccc5c7c(cccc47)-c4ccccc4-5)oc4ccccc46)cc3c3cc4c(cc32)oc2ccccc24)cc1.c1ccc(-n2c3ccc(-c4ccc5c(c4)c4cc6c(cc4n5-c4ccc5ccccc5c4)oc4ccccc46)cc3c3cc4c(cc32)oc2ccccc24)cc1. The molecule has 28 rings (SSSR count). The van der Waals surface area contributed by atoms with E-state index in [-0.39, 0.29) is 0 Å². The van der Waals surface area contributed by atoms with Crippen LogP contribution in [-0.2, 0) is 0 Å². The van der Waals surface area contributed by atoms with Crippen LogP contribution in [0.4, 0.5) is 0 Å². The molecule has 0 atom stereocenters. The molecule has 0 fully saturated rings. The number of furan rings is 4. The molecule has 19 aromatic carbocycles. The molecule has 0 N–H and O–H groups in total. The fourth-order valence-corrected chi connectivity index (χ4v) is 20.2. The number of benzene rings is 19. The van der Waals surface area contributed by atoms with E-state index >= 15 is 0 Å². The summed E-state index contributed by atoms with van der Waals surface area (Å²) in [6, 6.07) is 136. The zero-order chi connectivity index (χ0) is 76.7. The molecule has 1 aliphatic rings. The first kappa shape index (κ1) is 63.6. The van der Waals surface area contributed by atoms with Gasteiger partial charge in [-0.05, 0) is 200 Å². The number of nitrogens with zero attached hydrogens (tertiary/aromatic N) is 4. The van der Waals surface area contributed by atoms with Crippen LogP contribution in [0.1, 0.15) is 0 Å². The maximum absolute atomic E-state index is 6.55. The quantitative estimate of drug-likeness (QED) is 0.166. The molecule has 0 amide bonds. The summed E-state index contributed by atoms with van der Waals surface area (Å²) in [5.41, 5.74) is 30.7. The second-order valence-electron chi connectivity index (χ2n) is 31.7. The van der Waals surface area contributed by atoms with Gasteiger partial charge >= 0.3 is 0 Å². The van der Waals surface area contributed by atoms with Crippen molar-refractivity contribution in [2.75, 3.05) is 0 Å². The molecule has 0 radical (unpaired) electrons. The van der Waals surface area contributed by atoms with E-state index in [4.69, 9.17) is 17.7 Å². The third-order valence-electron chi connectivity index (χ3n) is 25.5. The molecular weight excluding hydrogens is 1440 g/mol.